The van der Waals surface area contributed by atoms with Crippen molar-refractivity contribution in [1.82, 2.24) is 4.90 Å². The summed E-state index contributed by atoms with van der Waals surface area (Å²) in [5.41, 5.74) is 0.846. The minimum absolute atomic E-state index is 0.118. The van der Waals surface area contributed by atoms with Crippen molar-refractivity contribution >= 4 is 17.8 Å². The standard InChI is InChI=1S/C16H19NO6/c18-13(9-14(19)15(20)21)12-7-4-8-17(12)16(22)23-10-11-5-2-1-3-6-11/h1-3,5-6,12-13,18H,4,7-10H2,(H,20,21). The van der Waals surface area contributed by atoms with Crippen LogP contribution in [0.3, 0.4) is 0 Å². The van der Waals surface area contributed by atoms with Crippen LogP contribution < -0.4 is 0 Å². The summed E-state index contributed by atoms with van der Waals surface area (Å²) < 4.78 is 5.22. The molecular weight excluding hydrogens is 302 g/mol. The summed E-state index contributed by atoms with van der Waals surface area (Å²) in [4.78, 5) is 35.3. The van der Waals surface area contributed by atoms with Crippen molar-refractivity contribution in [3.05, 3.63) is 35.9 Å². The predicted octanol–water partition coefficient (Wildman–Crippen LogP) is 1.19. The van der Waals surface area contributed by atoms with E-state index in [1.54, 1.807) is 0 Å². The number of rotatable bonds is 6. The van der Waals surface area contributed by atoms with Crippen LogP contribution in [0.4, 0.5) is 4.79 Å². The molecule has 0 bridgehead atoms. The third kappa shape index (κ3) is 4.53. The molecule has 1 saturated heterocycles. The molecule has 1 aliphatic heterocycles. The second-order valence-corrected chi connectivity index (χ2v) is 5.44. The number of carboxylic acid groups (broad SMARTS) is 1. The van der Waals surface area contributed by atoms with Gasteiger partial charge in [-0.05, 0) is 18.4 Å². The Balaban J connectivity index is 1.91. The summed E-state index contributed by atoms with van der Waals surface area (Å²) in [6.45, 7) is 0.531. The maximum absolute atomic E-state index is 12.1. The number of aliphatic hydroxyl groups excluding tert-OH is 1. The molecule has 1 aromatic rings. The Kier molecular flexibility index (Phi) is 5.70. The summed E-state index contributed by atoms with van der Waals surface area (Å²) in [6, 6.07) is 8.59. The molecule has 0 saturated carbocycles. The number of hydrogen-bond acceptors (Lipinski definition) is 5. The van der Waals surface area contributed by atoms with Crippen molar-refractivity contribution in [3.8, 4) is 0 Å². The zero-order valence-electron chi connectivity index (χ0n) is 12.6. The van der Waals surface area contributed by atoms with Crippen LogP contribution in [-0.2, 0) is 20.9 Å². The number of nitrogens with zero attached hydrogens (tertiary/aromatic N) is 1. The first kappa shape index (κ1) is 17.0. The average molecular weight is 321 g/mol. The Hall–Kier alpha value is -2.41. The van der Waals surface area contributed by atoms with E-state index in [0.717, 1.165) is 5.56 Å². The lowest BCUT2D eigenvalue weighted by Crippen LogP contribution is -2.44. The van der Waals surface area contributed by atoms with Crippen LogP contribution in [0, 0.1) is 0 Å². The van der Waals surface area contributed by atoms with E-state index in [4.69, 9.17) is 9.84 Å². The molecule has 0 aliphatic carbocycles. The quantitative estimate of drug-likeness (QED) is 0.763. The number of aliphatic carboxylic acids is 1. The molecule has 7 heteroatoms. The summed E-state index contributed by atoms with van der Waals surface area (Å²) in [6.07, 6.45) is -1.11. The minimum atomic E-state index is -1.58. The van der Waals surface area contributed by atoms with E-state index >= 15 is 0 Å². The van der Waals surface area contributed by atoms with Gasteiger partial charge in [0.05, 0.1) is 12.1 Å². The lowest BCUT2D eigenvalue weighted by molar-refractivity contribution is -0.150. The van der Waals surface area contributed by atoms with Crippen LogP contribution in [0.2, 0.25) is 0 Å². The first-order chi connectivity index (χ1) is 11.0. The number of ether oxygens (including phenoxy) is 1. The molecule has 2 unspecified atom stereocenters. The van der Waals surface area contributed by atoms with Gasteiger partial charge in [-0.2, -0.15) is 0 Å². The molecule has 0 spiro atoms. The first-order valence-electron chi connectivity index (χ1n) is 7.40. The highest BCUT2D eigenvalue weighted by atomic mass is 16.6. The summed E-state index contributed by atoms with van der Waals surface area (Å²) in [5, 5.41) is 18.6. The maximum atomic E-state index is 12.1. The lowest BCUT2D eigenvalue weighted by atomic mass is 10.0. The molecule has 1 aromatic carbocycles. The van der Waals surface area contributed by atoms with Crippen LogP contribution >= 0.6 is 0 Å². The number of carboxylic acids is 1. The normalized spacial score (nSPS) is 18.5. The number of carbonyl (C=O) groups is 3. The van der Waals surface area contributed by atoms with Crippen LogP contribution in [0.25, 0.3) is 0 Å². The molecule has 1 heterocycles. The molecular formula is C16H19NO6. The molecule has 1 aliphatic rings. The summed E-state index contributed by atoms with van der Waals surface area (Å²) in [7, 11) is 0. The Morgan fingerprint density at radius 2 is 1.96 bits per heavy atom. The molecule has 7 nitrogen and oxygen atoms in total. The Morgan fingerprint density at radius 3 is 2.61 bits per heavy atom. The monoisotopic (exact) mass is 321 g/mol. The molecule has 1 fully saturated rings. The molecule has 124 valence electrons. The minimum Gasteiger partial charge on any atom is -0.475 e. The van der Waals surface area contributed by atoms with Gasteiger partial charge in [0.2, 0.25) is 5.78 Å². The molecule has 23 heavy (non-hydrogen) atoms. The van der Waals surface area contributed by atoms with Gasteiger partial charge in [0.25, 0.3) is 0 Å². The van der Waals surface area contributed by atoms with Gasteiger partial charge < -0.3 is 19.8 Å². The number of hydrogen-bond donors (Lipinski definition) is 2. The van der Waals surface area contributed by atoms with Crippen LogP contribution in [0.5, 0.6) is 0 Å². The number of aliphatic hydroxyl groups is 1. The van der Waals surface area contributed by atoms with Gasteiger partial charge in [0.1, 0.15) is 6.61 Å². The Labute approximate surface area is 133 Å². The van der Waals surface area contributed by atoms with E-state index in [1.807, 2.05) is 30.3 Å². The average Bonchev–Trinajstić information content (AvgIpc) is 3.03. The zero-order chi connectivity index (χ0) is 16.8. The molecule has 0 aromatic heterocycles. The van der Waals surface area contributed by atoms with E-state index in [1.165, 1.54) is 4.90 Å². The van der Waals surface area contributed by atoms with Gasteiger partial charge in [-0.15, -0.1) is 0 Å². The zero-order valence-corrected chi connectivity index (χ0v) is 12.6. The molecule has 2 N–H and O–H groups in total. The smallest absolute Gasteiger partial charge is 0.410 e. The number of likely N-dealkylation sites (tertiary alicyclic amines) is 1. The van der Waals surface area contributed by atoms with Crippen LogP contribution in [0.1, 0.15) is 24.8 Å². The van der Waals surface area contributed by atoms with Crippen molar-refractivity contribution in [2.45, 2.75) is 38.0 Å². The van der Waals surface area contributed by atoms with Crippen molar-refractivity contribution in [3.63, 3.8) is 0 Å². The number of carbonyl (C=O) groups excluding carboxylic acids is 2. The second-order valence-electron chi connectivity index (χ2n) is 5.44. The Bertz CT molecular complexity index is 573. The topological polar surface area (TPSA) is 104 Å². The molecule has 2 rings (SSSR count). The van der Waals surface area contributed by atoms with E-state index in [-0.39, 0.29) is 6.61 Å². The number of ketones is 1. The fraction of sp³-hybridized carbons (Fsp3) is 0.438. The van der Waals surface area contributed by atoms with Crippen molar-refractivity contribution < 1.29 is 29.3 Å². The third-order valence-corrected chi connectivity index (χ3v) is 3.82. The maximum Gasteiger partial charge on any atom is 0.410 e. The summed E-state index contributed by atoms with van der Waals surface area (Å²) in [5.74, 6) is -2.65. The van der Waals surface area contributed by atoms with Gasteiger partial charge in [0, 0.05) is 13.0 Å². The van der Waals surface area contributed by atoms with Crippen molar-refractivity contribution in [2.24, 2.45) is 0 Å². The van der Waals surface area contributed by atoms with Gasteiger partial charge in [-0.3, -0.25) is 4.79 Å². The van der Waals surface area contributed by atoms with Crippen LogP contribution in [0.15, 0.2) is 30.3 Å². The predicted molar refractivity (Wildman–Crippen MR) is 79.6 cm³/mol. The fourth-order valence-corrected chi connectivity index (χ4v) is 2.63. The molecule has 2 atom stereocenters. The van der Waals surface area contributed by atoms with Crippen molar-refractivity contribution in [1.29, 1.82) is 0 Å². The number of amides is 1. The van der Waals surface area contributed by atoms with Crippen LogP contribution in [-0.4, -0.2) is 51.6 Å². The number of Topliss-reactive ketones (excluding diaryl/α,β-unsaturated/α-hetero) is 1. The van der Waals surface area contributed by atoms with Gasteiger partial charge in [0.15, 0.2) is 0 Å². The highest BCUT2D eigenvalue weighted by Gasteiger charge is 2.36. The largest absolute Gasteiger partial charge is 0.475 e. The molecule has 0 radical (unpaired) electrons. The van der Waals surface area contributed by atoms with Gasteiger partial charge >= 0.3 is 12.1 Å². The van der Waals surface area contributed by atoms with Gasteiger partial charge in [-0.1, -0.05) is 30.3 Å². The van der Waals surface area contributed by atoms with E-state index < -0.39 is 36.4 Å². The lowest BCUT2D eigenvalue weighted by Gasteiger charge is -2.27. The third-order valence-electron chi connectivity index (χ3n) is 3.82. The first-order valence-corrected chi connectivity index (χ1v) is 7.40. The SMILES string of the molecule is O=C(O)C(=O)CC(O)C1CCCN1C(=O)OCc1ccccc1. The van der Waals surface area contributed by atoms with Gasteiger partial charge in [-0.25, -0.2) is 9.59 Å². The fourth-order valence-electron chi connectivity index (χ4n) is 2.63. The highest BCUT2D eigenvalue weighted by molar-refractivity contribution is 6.32. The van der Waals surface area contributed by atoms with E-state index in [9.17, 15) is 19.5 Å². The highest BCUT2D eigenvalue weighted by Crippen LogP contribution is 2.23. The van der Waals surface area contributed by atoms with E-state index in [0.29, 0.717) is 19.4 Å². The van der Waals surface area contributed by atoms with Crippen molar-refractivity contribution in [2.75, 3.05) is 6.54 Å². The summed E-state index contributed by atoms with van der Waals surface area (Å²) >= 11 is 0. The Morgan fingerprint density at radius 1 is 1.26 bits per heavy atom. The number of benzene rings is 1. The van der Waals surface area contributed by atoms with E-state index in [2.05, 4.69) is 0 Å². The molecule has 1 amide bonds. The second kappa shape index (κ2) is 7.73.